The molecule has 1 unspecified atom stereocenters. The van der Waals surface area contributed by atoms with Gasteiger partial charge in [0.05, 0.1) is 26.2 Å². The maximum Gasteiger partial charge on any atom is 0.274 e. The van der Waals surface area contributed by atoms with Gasteiger partial charge in [0.1, 0.15) is 0 Å². The Morgan fingerprint density at radius 3 is 2.55 bits per heavy atom. The standard InChI is InChI=1S/C30H33ClN4O3S2/c1-20(2)34-15-14-21(19-34)18-33(3)30(36)25-17-27(35(32-25)26-11-6-5-10-24(26)31)29-13-12-28(39-29)22-8-7-9-23(16-22)40(4,37)38/h5-13,16-17,20-21H,14-15,18-19H2,1-4H3. The number of likely N-dealkylation sites (tertiary alicyclic amines) is 1. The Balaban J connectivity index is 1.48. The molecule has 1 atom stereocenters. The third-order valence-electron chi connectivity index (χ3n) is 7.34. The van der Waals surface area contributed by atoms with Crippen molar-refractivity contribution in [3.8, 4) is 26.7 Å². The van der Waals surface area contributed by atoms with E-state index in [2.05, 4.69) is 18.7 Å². The molecule has 3 heterocycles. The molecule has 0 radical (unpaired) electrons. The third kappa shape index (κ3) is 6.02. The van der Waals surface area contributed by atoms with Crippen molar-refractivity contribution in [1.82, 2.24) is 19.6 Å². The Morgan fingerprint density at radius 2 is 1.85 bits per heavy atom. The van der Waals surface area contributed by atoms with Gasteiger partial charge in [0, 0.05) is 37.3 Å². The minimum atomic E-state index is -3.33. The summed E-state index contributed by atoms with van der Waals surface area (Å²) in [6, 6.07) is 20.6. The second-order valence-corrected chi connectivity index (χ2v) is 14.2. The number of aromatic nitrogens is 2. The molecule has 5 rings (SSSR count). The van der Waals surface area contributed by atoms with Gasteiger partial charge in [-0.05, 0) is 80.8 Å². The number of benzene rings is 2. The van der Waals surface area contributed by atoms with Gasteiger partial charge in [-0.15, -0.1) is 11.3 Å². The Hall–Kier alpha value is -2.98. The zero-order valence-corrected chi connectivity index (χ0v) is 25.4. The number of thiophene rings is 1. The van der Waals surface area contributed by atoms with Crippen LogP contribution in [0, 0.1) is 5.92 Å². The molecule has 10 heteroatoms. The van der Waals surface area contributed by atoms with Crippen molar-refractivity contribution in [2.45, 2.75) is 31.2 Å². The molecule has 2 aromatic heterocycles. The smallest absolute Gasteiger partial charge is 0.274 e. The molecule has 1 saturated heterocycles. The van der Waals surface area contributed by atoms with Crippen LogP contribution < -0.4 is 0 Å². The minimum Gasteiger partial charge on any atom is -0.340 e. The van der Waals surface area contributed by atoms with Crippen LogP contribution in [-0.4, -0.2) is 72.9 Å². The predicted molar refractivity (Wildman–Crippen MR) is 162 cm³/mol. The van der Waals surface area contributed by atoms with Crippen LogP contribution in [0.5, 0.6) is 0 Å². The molecule has 0 N–H and O–H groups in total. The molecule has 4 aromatic rings. The molecule has 0 saturated carbocycles. The molecule has 2 aromatic carbocycles. The number of hydrogen-bond acceptors (Lipinski definition) is 6. The van der Waals surface area contributed by atoms with Crippen molar-refractivity contribution in [3.63, 3.8) is 0 Å². The first-order chi connectivity index (χ1) is 19.0. The number of carbonyl (C=O) groups excluding carboxylic acids is 1. The summed E-state index contributed by atoms with van der Waals surface area (Å²) in [7, 11) is -1.49. The molecule has 1 aliphatic heterocycles. The molecule has 7 nitrogen and oxygen atoms in total. The maximum atomic E-state index is 13.6. The van der Waals surface area contributed by atoms with E-state index in [9.17, 15) is 13.2 Å². The zero-order valence-electron chi connectivity index (χ0n) is 23.0. The molecular formula is C30H33ClN4O3S2. The van der Waals surface area contributed by atoms with Crippen LogP contribution in [-0.2, 0) is 9.84 Å². The summed E-state index contributed by atoms with van der Waals surface area (Å²) in [5.74, 6) is 0.303. The Morgan fingerprint density at radius 1 is 1.10 bits per heavy atom. The van der Waals surface area contributed by atoms with Gasteiger partial charge < -0.3 is 9.80 Å². The van der Waals surface area contributed by atoms with Gasteiger partial charge in [-0.3, -0.25) is 4.79 Å². The summed E-state index contributed by atoms with van der Waals surface area (Å²) in [4.78, 5) is 19.9. The molecule has 210 valence electrons. The number of para-hydroxylation sites is 1. The van der Waals surface area contributed by atoms with Crippen LogP contribution in [0.3, 0.4) is 0 Å². The Kier molecular flexibility index (Phi) is 8.20. The van der Waals surface area contributed by atoms with Crippen molar-refractivity contribution in [2.75, 3.05) is 32.9 Å². The molecule has 0 bridgehead atoms. The van der Waals surface area contributed by atoms with Crippen molar-refractivity contribution < 1.29 is 13.2 Å². The van der Waals surface area contributed by atoms with Gasteiger partial charge in [0.2, 0.25) is 0 Å². The number of hydrogen-bond donors (Lipinski definition) is 0. The highest BCUT2D eigenvalue weighted by molar-refractivity contribution is 7.90. The lowest BCUT2D eigenvalue weighted by Gasteiger charge is -2.23. The average Bonchev–Trinajstić information content (AvgIpc) is 3.68. The number of amides is 1. The van der Waals surface area contributed by atoms with E-state index in [0.717, 1.165) is 40.5 Å². The van der Waals surface area contributed by atoms with Crippen LogP contribution >= 0.6 is 22.9 Å². The van der Waals surface area contributed by atoms with Crippen molar-refractivity contribution in [2.24, 2.45) is 5.92 Å². The second-order valence-electron chi connectivity index (χ2n) is 10.7. The van der Waals surface area contributed by atoms with Crippen LogP contribution in [0.4, 0.5) is 0 Å². The summed E-state index contributed by atoms with van der Waals surface area (Å²) in [5, 5.41) is 5.27. The van der Waals surface area contributed by atoms with Crippen molar-refractivity contribution >= 4 is 38.7 Å². The highest BCUT2D eigenvalue weighted by Crippen LogP contribution is 2.37. The molecule has 40 heavy (non-hydrogen) atoms. The van der Waals surface area contributed by atoms with E-state index in [1.165, 1.54) is 17.6 Å². The molecule has 1 amide bonds. The highest BCUT2D eigenvalue weighted by atomic mass is 35.5. The van der Waals surface area contributed by atoms with Crippen LogP contribution in [0.2, 0.25) is 5.02 Å². The topological polar surface area (TPSA) is 75.5 Å². The second kappa shape index (κ2) is 11.5. The normalized spacial score (nSPS) is 16.1. The van der Waals surface area contributed by atoms with Crippen molar-refractivity contribution in [1.29, 1.82) is 0 Å². The summed E-state index contributed by atoms with van der Waals surface area (Å²) in [6.45, 7) is 7.14. The summed E-state index contributed by atoms with van der Waals surface area (Å²) >= 11 is 8.08. The summed E-state index contributed by atoms with van der Waals surface area (Å²) in [5.41, 5.74) is 2.58. The van der Waals surface area contributed by atoms with E-state index in [-0.39, 0.29) is 10.8 Å². The van der Waals surface area contributed by atoms with Crippen LogP contribution in [0.1, 0.15) is 30.8 Å². The number of carbonyl (C=O) groups is 1. The Bertz CT molecular complexity index is 1640. The molecule has 1 fully saturated rings. The summed E-state index contributed by atoms with van der Waals surface area (Å²) in [6.07, 6.45) is 2.28. The lowest BCUT2D eigenvalue weighted by Crippen LogP contribution is -2.34. The number of sulfone groups is 1. The zero-order chi connectivity index (χ0) is 28.6. The summed E-state index contributed by atoms with van der Waals surface area (Å²) < 4.78 is 25.9. The highest BCUT2D eigenvalue weighted by Gasteiger charge is 2.28. The van der Waals surface area contributed by atoms with E-state index in [1.54, 1.807) is 33.8 Å². The van der Waals surface area contributed by atoms with Crippen LogP contribution in [0.25, 0.3) is 26.7 Å². The average molecular weight is 597 g/mol. The minimum absolute atomic E-state index is 0.132. The quantitative estimate of drug-likeness (QED) is 0.245. The Labute approximate surface area is 244 Å². The predicted octanol–water partition coefficient (Wildman–Crippen LogP) is 6.13. The van der Waals surface area contributed by atoms with Gasteiger partial charge in [-0.1, -0.05) is 35.9 Å². The van der Waals surface area contributed by atoms with E-state index < -0.39 is 9.84 Å². The fraction of sp³-hybridized carbons (Fsp3) is 0.333. The van der Waals surface area contributed by atoms with Gasteiger partial charge in [-0.2, -0.15) is 5.10 Å². The first-order valence-electron chi connectivity index (χ1n) is 13.3. The number of halogens is 1. The number of nitrogens with zero attached hydrogens (tertiary/aromatic N) is 4. The third-order valence-corrected chi connectivity index (χ3v) is 9.93. The molecule has 0 spiro atoms. The fourth-order valence-corrected chi connectivity index (χ4v) is 7.01. The van der Waals surface area contributed by atoms with E-state index in [0.29, 0.717) is 34.9 Å². The van der Waals surface area contributed by atoms with E-state index in [1.807, 2.05) is 49.5 Å². The fourth-order valence-electron chi connectivity index (χ4n) is 5.13. The molecule has 1 aliphatic rings. The lowest BCUT2D eigenvalue weighted by molar-refractivity contribution is 0.0766. The van der Waals surface area contributed by atoms with Gasteiger partial charge in [0.25, 0.3) is 5.91 Å². The lowest BCUT2D eigenvalue weighted by atomic mass is 10.1. The van der Waals surface area contributed by atoms with Gasteiger partial charge in [0.15, 0.2) is 15.5 Å². The van der Waals surface area contributed by atoms with Gasteiger partial charge >= 0.3 is 0 Å². The number of rotatable bonds is 8. The first-order valence-corrected chi connectivity index (χ1v) is 16.3. The van der Waals surface area contributed by atoms with E-state index >= 15 is 0 Å². The molecular weight excluding hydrogens is 564 g/mol. The largest absolute Gasteiger partial charge is 0.340 e. The van der Waals surface area contributed by atoms with Gasteiger partial charge in [-0.25, -0.2) is 13.1 Å². The van der Waals surface area contributed by atoms with Crippen LogP contribution in [0.15, 0.2) is 71.6 Å². The maximum absolute atomic E-state index is 13.6. The SMILES string of the molecule is CC(C)N1CCC(CN(C)C(=O)c2cc(-c3ccc(-c4cccc(S(C)(=O)=O)c4)s3)n(-c3ccccc3Cl)n2)C1. The molecule has 0 aliphatic carbocycles. The van der Waals surface area contributed by atoms with Crippen molar-refractivity contribution in [3.05, 3.63) is 77.4 Å². The monoisotopic (exact) mass is 596 g/mol. The van der Waals surface area contributed by atoms with E-state index in [4.69, 9.17) is 16.7 Å². The first kappa shape index (κ1) is 28.5.